The molecule has 0 saturated carbocycles. The number of nitrogens with one attached hydrogen (secondary N) is 1. The minimum absolute atomic E-state index is 0.144. The van der Waals surface area contributed by atoms with Gasteiger partial charge in [0, 0.05) is 18.2 Å². The maximum absolute atomic E-state index is 5.67. The second-order valence-corrected chi connectivity index (χ2v) is 5.95. The Bertz CT molecular complexity index is 557. The van der Waals surface area contributed by atoms with E-state index in [0.717, 1.165) is 30.6 Å². The van der Waals surface area contributed by atoms with Crippen LogP contribution in [0.4, 0.5) is 0 Å². The molecule has 2 aromatic heterocycles. The van der Waals surface area contributed by atoms with Crippen LogP contribution in [0.15, 0.2) is 22.7 Å². The van der Waals surface area contributed by atoms with E-state index in [1.807, 2.05) is 19.1 Å². The molecule has 0 unspecified atom stereocenters. The zero-order chi connectivity index (χ0) is 14.6. The molecule has 0 saturated heterocycles. The normalized spacial score (nSPS) is 11.8. The van der Waals surface area contributed by atoms with Crippen LogP contribution in [-0.2, 0) is 6.42 Å². The number of aromatic nitrogens is 3. The molecule has 0 atom stereocenters. The van der Waals surface area contributed by atoms with Gasteiger partial charge in [-0.1, -0.05) is 6.07 Å². The highest BCUT2D eigenvalue weighted by molar-refractivity contribution is 5.51. The summed E-state index contributed by atoms with van der Waals surface area (Å²) in [6.07, 6.45) is 3.49. The molecule has 0 aliphatic heterocycles. The van der Waals surface area contributed by atoms with E-state index < -0.39 is 0 Å². The summed E-state index contributed by atoms with van der Waals surface area (Å²) in [5, 5.41) is 11.6. The minimum atomic E-state index is 0.144. The molecule has 5 nitrogen and oxygen atoms in total. The molecule has 0 amide bonds. The quantitative estimate of drug-likeness (QED) is 0.849. The molecule has 1 N–H and O–H groups in total. The number of pyridine rings is 1. The number of hydrogen-bond donors (Lipinski definition) is 1. The van der Waals surface area contributed by atoms with Crippen LogP contribution in [0.3, 0.4) is 0 Å². The molecule has 2 aromatic rings. The second kappa shape index (κ2) is 6.13. The van der Waals surface area contributed by atoms with Crippen molar-refractivity contribution in [2.45, 2.75) is 46.1 Å². The van der Waals surface area contributed by atoms with Crippen molar-refractivity contribution in [1.29, 1.82) is 0 Å². The van der Waals surface area contributed by atoms with Gasteiger partial charge in [-0.25, -0.2) is 0 Å². The van der Waals surface area contributed by atoms with Crippen LogP contribution in [0.1, 0.15) is 38.6 Å². The molecule has 0 bridgehead atoms. The number of hydrogen-bond acceptors (Lipinski definition) is 5. The fourth-order valence-corrected chi connectivity index (χ4v) is 1.86. The lowest BCUT2D eigenvalue weighted by molar-refractivity contribution is 0.412. The van der Waals surface area contributed by atoms with Gasteiger partial charge in [0.05, 0.1) is 0 Å². The van der Waals surface area contributed by atoms with Gasteiger partial charge in [-0.15, -0.1) is 10.2 Å². The van der Waals surface area contributed by atoms with Gasteiger partial charge in [-0.05, 0) is 52.3 Å². The molecule has 0 radical (unpaired) electrons. The van der Waals surface area contributed by atoms with Gasteiger partial charge in [0.25, 0.3) is 5.89 Å². The van der Waals surface area contributed by atoms with E-state index in [1.165, 1.54) is 0 Å². The maximum atomic E-state index is 5.67. The first-order chi connectivity index (χ1) is 9.46. The van der Waals surface area contributed by atoms with Crippen molar-refractivity contribution < 1.29 is 4.42 Å². The van der Waals surface area contributed by atoms with Gasteiger partial charge in [0.2, 0.25) is 5.89 Å². The summed E-state index contributed by atoms with van der Waals surface area (Å²) in [7, 11) is 0. The SMILES string of the molecule is Cc1cccnc1-c1nnc(CCCNC(C)(C)C)o1. The number of aryl methyl sites for hydroxylation is 2. The first-order valence-electron chi connectivity index (χ1n) is 6.95. The summed E-state index contributed by atoms with van der Waals surface area (Å²) in [6, 6.07) is 3.88. The van der Waals surface area contributed by atoms with Crippen LogP contribution < -0.4 is 5.32 Å². The Kier molecular flexibility index (Phi) is 4.49. The van der Waals surface area contributed by atoms with Gasteiger partial charge < -0.3 is 9.73 Å². The Labute approximate surface area is 119 Å². The van der Waals surface area contributed by atoms with Crippen LogP contribution in [0.5, 0.6) is 0 Å². The minimum Gasteiger partial charge on any atom is -0.419 e. The monoisotopic (exact) mass is 274 g/mol. The Morgan fingerprint density at radius 3 is 2.75 bits per heavy atom. The van der Waals surface area contributed by atoms with E-state index >= 15 is 0 Å². The lowest BCUT2D eigenvalue weighted by Gasteiger charge is -2.19. The van der Waals surface area contributed by atoms with E-state index in [1.54, 1.807) is 6.20 Å². The summed E-state index contributed by atoms with van der Waals surface area (Å²) in [6.45, 7) is 9.38. The third-order valence-corrected chi connectivity index (χ3v) is 2.90. The molecule has 0 aliphatic rings. The highest BCUT2D eigenvalue weighted by atomic mass is 16.4. The van der Waals surface area contributed by atoms with Crippen LogP contribution in [0, 0.1) is 6.92 Å². The molecular formula is C15H22N4O. The van der Waals surface area contributed by atoms with Gasteiger partial charge in [-0.3, -0.25) is 4.98 Å². The highest BCUT2D eigenvalue weighted by Crippen LogP contribution is 2.19. The van der Waals surface area contributed by atoms with Crippen LogP contribution in [0.2, 0.25) is 0 Å². The summed E-state index contributed by atoms with van der Waals surface area (Å²) in [5.41, 5.74) is 1.95. The molecule has 2 rings (SSSR count). The summed E-state index contributed by atoms with van der Waals surface area (Å²) in [4.78, 5) is 4.28. The zero-order valence-electron chi connectivity index (χ0n) is 12.6. The summed E-state index contributed by atoms with van der Waals surface area (Å²) >= 11 is 0. The molecule has 0 spiro atoms. The summed E-state index contributed by atoms with van der Waals surface area (Å²) < 4.78 is 5.67. The first-order valence-corrected chi connectivity index (χ1v) is 6.95. The molecule has 0 aromatic carbocycles. The third kappa shape index (κ3) is 4.13. The van der Waals surface area contributed by atoms with Crippen LogP contribution in [-0.4, -0.2) is 27.3 Å². The molecule has 0 fully saturated rings. The van der Waals surface area contributed by atoms with E-state index in [0.29, 0.717) is 11.8 Å². The molecular weight excluding hydrogens is 252 g/mol. The maximum Gasteiger partial charge on any atom is 0.266 e. The smallest absolute Gasteiger partial charge is 0.266 e. The van der Waals surface area contributed by atoms with E-state index in [2.05, 4.69) is 41.3 Å². The lowest BCUT2D eigenvalue weighted by atomic mass is 10.1. The number of rotatable bonds is 5. The predicted octanol–water partition coefficient (Wildman–Crippen LogP) is 2.76. The van der Waals surface area contributed by atoms with Gasteiger partial charge in [0.15, 0.2) is 0 Å². The Morgan fingerprint density at radius 1 is 1.25 bits per heavy atom. The topological polar surface area (TPSA) is 63.8 Å². The van der Waals surface area contributed by atoms with Crippen molar-refractivity contribution >= 4 is 0 Å². The Balaban J connectivity index is 1.92. The third-order valence-electron chi connectivity index (χ3n) is 2.90. The van der Waals surface area contributed by atoms with Crippen LogP contribution >= 0.6 is 0 Å². The molecule has 5 heteroatoms. The largest absolute Gasteiger partial charge is 0.419 e. The fourth-order valence-electron chi connectivity index (χ4n) is 1.86. The average Bonchev–Trinajstić information content (AvgIpc) is 2.83. The van der Waals surface area contributed by atoms with Crippen molar-refractivity contribution in [3.05, 3.63) is 29.8 Å². The van der Waals surface area contributed by atoms with Crippen molar-refractivity contribution in [1.82, 2.24) is 20.5 Å². The van der Waals surface area contributed by atoms with E-state index in [9.17, 15) is 0 Å². The summed E-state index contributed by atoms with van der Waals surface area (Å²) in [5.74, 6) is 1.17. The van der Waals surface area contributed by atoms with Gasteiger partial charge >= 0.3 is 0 Å². The highest BCUT2D eigenvalue weighted by Gasteiger charge is 2.12. The lowest BCUT2D eigenvalue weighted by Crippen LogP contribution is -2.36. The Hall–Kier alpha value is -1.75. The van der Waals surface area contributed by atoms with Crippen molar-refractivity contribution in [3.63, 3.8) is 0 Å². The molecule has 108 valence electrons. The molecule has 20 heavy (non-hydrogen) atoms. The molecule has 2 heterocycles. The Morgan fingerprint density at radius 2 is 2.05 bits per heavy atom. The zero-order valence-corrected chi connectivity index (χ0v) is 12.6. The van der Waals surface area contributed by atoms with Crippen molar-refractivity contribution in [2.75, 3.05) is 6.54 Å². The van der Waals surface area contributed by atoms with Crippen molar-refractivity contribution in [3.8, 4) is 11.6 Å². The first kappa shape index (κ1) is 14.7. The number of nitrogens with zero attached hydrogens (tertiary/aromatic N) is 3. The van der Waals surface area contributed by atoms with Gasteiger partial charge in [0.1, 0.15) is 5.69 Å². The van der Waals surface area contributed by atoms with Crippen molar-refractivity contribution in [2.24, 2.45) is 0 Å². The molecule has 0 aliphatic carbocycles. The standard InChI is InChI=1S/C15H22N4O/c1-11-7-5-9-16-13(11)14-19-18-12(20-14)8-6-10-17-15(2,3)4/h5,7,9,17H,6,8,10H2,1-4H3. The van der Waals surface area contributed by atoms with Gasteiger partial charge in [-0.2, -0.15) is 0 Å². The van der Waals surface area contributed by atoms with E-state index in [-0.39, 0.29) is 5.54 Å². The van der Waals surface area contributed by atoms with E-state index in [4.69, 9.17) is 4.42 Å². The second-order valence-electron chi connectivity index (χ2n) is 5.95. The van der Waals surface area contributed by atoms with Crippen LogP contribution in [0.25, 0.3) is 11.6 Å². The fraction of sp³-hybridized carbons (Fsp3) is 0.533. The average molecular weight is 274 g/mol. The predicted molar refractivity (Wildman–Crippen MR) is 78.3 cm³/mol.